The van der Waals surface area contributed by atoms with Crippen molar-refractivity contribution < 1.29 is 14.6 Å². The first kappa shape index (κ1) is 15.8. The van der Waals surface area contributed by atoms with Gasteiger partial charge in [0.25, 0.3) is 0 Å². The molecule has 1 unspecified atom stereocenters. The third kappa shape index (κ3) is 5.02. The summed E-state index contributed by atoms with van der Waals surface area (Å²) in [5.74, 6) is -0.328. The van der Waals surface area contributed by atoms with Crippen molar-refractivity contribution in [1.29, 1.82) is 0 Å². The number of likely N-dealkylation sites (tertiary alicyclic amines) is 1. The lowest BCUT2D eigenvalue weighted by molar-refractivity contribution is 0.0696. The monoisotopic (exact) mass is 292 g/mol. The summed E-state index contributed by atoms with van der Waals surface area (Å²) >= 11 is 0. The van der Waals surface area contributed by atoms with Crippen LogP contribution >= 0.6 is 0 Å². The highest BCUT2D eigenvalue weighted by molar-refractivity contribution is 5.87. The number of likely N-dealkylation sites (N-methyl/N-ethyl adjacent to an activating group) is 1. The van der Waals surface area contributed by atoms with Crippen LogP contribution < -0.4 is 10.1 Å². The summed E-state index contributed by atoms with van der Waals surface area (Å²) in [6.07, 6.45) is 3.87. The molecule has 5 heteroatoms. The van der Waals surface area contributed by atoms with E-state index >= 15 is 0 Å². The zero-order chi connectivity index (χ0) is 15.1. The fourth-order valence-electron chi connectivity index (χ4n) is 2.63. The second kappa shape index (κ2) is 8.00. The van der Waals surface area contributed by atoms with Gasteiger partial charge < -0.3 is 20.1 Å². The predicted octanol–water partition coefficient (Wildman–Crippen LogP) is 1.84. The van der Waals surface area contributed by atoms with E-state index in [-0.39, 0.29) is 5.56 Å². The van der Waals surface area contributed by atoms with Crippen LogP contribution in [0.2, 0.25) is 0 Å². The smallest absolute Gasteiger partial charge is 0.335 e. The molecule has 0 bridgehead atoms. The SMILES string of the molecule is CN1CCCCC1CNCCOc1cccc(C(=O)O)c1. The average molecular weight is 292 g/mol. The molecule has 1 saturated heterocycles. The maximum atomic E-state index is 10.9. The fraction of sp³-hybridized carbons (Fsp3) is 0.562. The van der Waals surface area contributed by atoms with Crippen LogP contribution in [0.15, 0.2) is 24.3 Å². The van der Waals surface area contributed by atoms with E-state index in [9.17, 15) is 4.79 Å². The van der Waals surface area contributed by atoms with E-state index in [0.29, 0.717) is 18.4 Å². The van der Waals surface area contributed by atoms with Crippen molar-refractivity contribution in [1.82, 2.24) is 10.2 Å². The molecule has 1 aromatic carbocycles. The van der Waals surface area contributed by atoms with Crippen molar-refractivity contribution in [3.63, 3.8) is 0 Å². The number of carboxylic acid groups (broad SMARTS) is 1. The molecule has 0 saturated carbocycles. The number of benzene rings is 1. The fourth-order valence-corrected chi connectivity index (χ4v) is 2.63. The number of rotatable bonds is 7. The van der Waals surface area contributed by atoms with E-state index in [2.05, 4.69) is 17.3 Å². The summed E-state index contributed by atoms with van der Waals surface area (Å²) in [6, 6.07) is 7.21. The van der Waals surface area contributed by atoms with E-state index in [0.717, 1.165) is 13.1 Å². The largest absolute Gasteiger partial charge is 0.492 e. The summed E-state index contributed by atoms with van der Waals surface area (Å²) in [5.41, 5.74) is 0.254. The Morgan fingerprint density at radius 2 is 2.33 bits per heavy atom. The van der Waals surface area contributed by atoms with Crippen LogP contribution in [-0.4, -0.2) is 55.3 Å². The Morgan fingerprint density at radius 3 is 3.10 bits per heavy atom. The van der Waals surface area contributed by atoms with Gasteiger partial charge in [0.1, 0.15) is 12.4 Å². The number of nitrogens with one attached hydrogen (secondary N) is 1. The molecule has 1 atom stereocenters. The first-order valence-corrected chi connectivity index (χ1v) is 7.54. The van der Waals surface area contributed by atoms with Gasteiger partial charge in [-0.15, -0.1) is 0 Å². The van der Waals surface area contributed by atoms with E-state index < -0.39 is 5.97 Å². The number of carbonyl (C=O) groups is 1. The maximum absolute atomic E-state index is 10.9. The summed E-state index contributed by atoms with van der Waals surface area (Å²) in [4.78, 5) is 13.3. The Kier molecular flexibility index (Phi) is 6.02. The molecule has 2 rings (SSSR count). The molecule has 0 spiro atoms. The van der Waals surface area contributed by atoms with E-state index in [1.165, 1.54) is 25.8 Å². The normalized spacial score (nSPS) is 19.4. The lowest BCUT2D eigenvalue weighted by Gasteiger charge is -2.32. The van der Waals surface area contributed by atoms with Gasteiger partial charge in [0.2, 0.25) is 0 Å². The van der Waals surface area contributed by atoms with E-state index in [4.69, 9.17) is 9.84 Å². The number of piperidine rings is 1. The highest BCUT2D eigenvalue weighted by Gasteiger charge is 2.17. The Morgan fingerprint density at radius 1 is 1.48 bits per heavy atom. The third-order valence-electron chi connectivity index (χ3n) is 3.93. The van der Waals surface area contributed by atoms with Gasteiger partial charge in [-0.25, -0.2) is 4.79 Å². The van der Waals surface area contributed by atoms with Crippen LogP contribution in [0.25, 0.3) is 0 Å². The van der Waals surface area contributed by atoms with Crippen LogP contribution in [0.5, 0.6) is 5.75 Å². The van der Waals surface area contributed by atoms with Gasteiger partial charge >= 0.3 is 5.97 Å². The Hall–Kier alpha value is -1.59. The molecule has 0 aromatic heterocycles. The van der Waals surface area contributed by atoms with Gasteiger partial charge in [0, 0.05) is 19.1 Å². The van der Waals surface area contributed by atoms with Crippen LogP contribution in [0.4, 0.5) is 0 Å². The lowest BCUT2D eigenvalue weighted by Crippen LogP contribution is -2.43. The van der Waals surface area contributed by atoms with Crippen LogP contribution in [0, 0.1) is 0 Å². The first-order chi connectivity index (χ1) is 10.2. The molecule has 0 radical (unpaired) electrons. The topological polar surface area (TPSA) is 61.8 Å². The number of hydrogen-bond donors (Lipinski definition) is 2. The molecule has 1 heterocycles. The third-order valence-corrected chi connectivity index (χ3v) is 3.93. The number of ether oxygens (including phenoxy) is 1. The molecule has 2 N–H and O–H groups in total. The van der Waals surface area contributed by atoms with Gasteiger partial charge in [-0.1, -0.05) is 12.5 Å². The minimum atomic E-state index is -0.932. The van der Waals surface area contributed by atoms with Crippen LogP contribution in [0.3, 0.4) is 0 Å². The molecule has 0 aliphatic carbocycles. The standard InChI is InChI=1S/C16H24N2O3/c1-18-9-3-2-6-14(18)12-17-8-10-21-15-7-4-5-13(11-15)16(19)20/h4-5,7,11,14,17H,2-3,6,8-10,12H2,1H3,(H,19,20). The van der Waals surface area contributed by atoms with Crippen molar-refractivity contribution >= 4 is 5.97 Å². The maximum Gasteiger partial charge on any atom is 0.335 e. The van der Waals surface area contributed by atoms with Crippen molar-refractivity contribution in [2.45, 2.75) is 25.3 Å². The van der Waals surface area contributed by atoms with Crippen molar-refractivity contribution in [3.8, 4) is 5.75 Å². The molecule has 1 aliphatic heterocycles. The second-order valence-corrected chi connectivity index (χ2v) is 5.52. The quantitative estimate of drug-likeness (QED) is 0.751. The summed E-state index contributed by atoms with van der Waals surface area (Å²) in [5, 5.41) is 12.3. The molecular weight excluding hydrogens is 268 g/mol. The number of carboxylic acids is 1. The van der Waals surface area contributed by atoms with E-state index in [1.807, 2.05) is 0 Å². The molecule has 0 amide bonds. The summed E-state index contributed by atoms with van der Waals surface area (Å²) in [7, 11) is 2.18. The Labute approximate surface area is 125 Å². The number of aromatic carboxylic acids is 1. The number of nitrogens with zero attached hydrogens (tertiary/aromatic N) is 1. The first-order valence-electron chi connectivity index (χ1n) is 7.54. The van der Waals surface area contributed by atoms with Crippen molar-refractivity contribution in [2.75, 3.05) is 33.3 Å². The molecule has 1 fully saturated rings. The minimum Gasteiger partial charge on any atom is -0.492 e. The van der Waals surface area contributed by atoms with Gasteiger partial charge in [-0.2, -0.15) is 0 Å². The average Bonchev–Trinajstić information content (AvgIpc) is 2.49. The molecule has 21 heavy (non-hydrogen) atoms. The van der Waals surface area contributed by atoms with Crippen LogP contribution in [-0.2, 0) is 0 Å². The van der Waals surface area contributed by atoms with Crippen molar-refractivity contribution in [3.05, 3.63) is 29.8 Å². The lowest BCUT2D eigenvalue weighted by atomic mass is 10.0. The zero-order valence-electron chi connectivity index (χ0n) is 12.5. The Bertz CT molecular complexity index is 465. The Balaban J connectivity index is 1.65. The second-order valence-electron chi connectivity index (χ2n) is 5.52. The van der Waals surface area contributed by atoms with Crippen LogP contribution in [0.1, 0.15) is 29.6 Å². The van der Waals surface area contributed by atoms with Gasteiger partial charge in [-0.3, -0.25) is 0 Å². The zero-order valence-corrected chi connectivity index (χ0v) is 12.5. The summed E-state index contributed by atoms with van der Waals surface area (Å²) < 4.78 is 5.57. The molecule has 1 aliphatic rings. The molecule has 1 aromatic rings. The minimum absolute atomic E-state index is 0.254. The highest BCUT2D eigenvalue weighted by Crippen LogP contribution is 2.14. The summed E-state index contributed by atoms with van der Waals surface area (Å²) in [6.45, 7) is 3.47. The number of hydrogen-bond acceptors (Lipinski definition) is 4. The van der Waals surface area contributed by atoms with Gasteiger partial charge in [-0.05, 0) is 44.6 Å². The van der Waals surface area contributed by atoms with Crippen molar-refractivity contribution in [2.24, 2.45) is 0 Å². The highest BCUT2D eigenvalue weighted by atomic mass is 16.5. The molecular formula is C16H24N2O3. The van der Waals surface area contributed by atoms with Gasteiger partial charge in [0.15, 0.2) is 0 Å². The van der Waals surface area contributed by atoms with Gasteiger partial charge in [0.05, 0.1) is 5.56 Å². The molecule has 5 nitrogen and oxygen atoms in total. The molecule has 116 valence electrons. The van der Waals surface area contributed by atoms with E-state index in [1.54, 1.807) is 24.3 Å². The predicted molar refractivity (Wildman–Crippen MR) is 82.0 cm³/mol.